The molecule has 1 aliphatic heterocycles. The van der Waals surface area contributed by atoms with Crippen molar-refractivity contribution in [2.45, 2.75) is 6.41 Å². The lowest BCUT2D eigenvalue weighted by Crippen LogP contribution is -2.17. The number of hydrogen-bond acceptors (Lipinski definition) is 5. The second kappa shape index (κ2) is 5.67. The largest absolute Gasteiger partial charge is 0.445 e. The molecule has 120 valence electrons. The minimum Gasteiger partial charge on any atom is -0.445 e. The van der Waals surface area contributed by atoms with Crippen LogP contribution in [0, 0.1) is 0 Å². The topological polar surface area (TPSA) is 87.2 Å². The fourth-order valence-electron chi connectivity index (χ4n) is 2.61. The molecule has 1 aromatic heterocycles. The van der Waals surface area contributed by atoms with E-state index in [0.29, 0.717) is 33.4 Å². The summed E-state index contributed by atoms with van der Waals surface area (Å²) in [5.41, 5.74) is 2.69. The van der Waals surface area contributed by atoms with Crippen LogP contribution in [0.25, 0.3) is 22.5 Å². The van der Waals surface area contributed by atoms with Gasteiger partial charge in [-0.05, 0) is 24.3 Å². The number of ether oxygens (including phenoxy) is 1. The van der Waals surface area contributed by atoms with E-state index in [1.165, 1.54) is 0 Å². The van der Waals surface area contributed by atoms with Crippen molar-refractivity contribution in [3.63, 3.8) is 0 Å². The first-order chi connectivity index (χ1) is 11.6. The van der Waals surface area contributed by atoms with E-state index in [0.717, 1.165) is 5.56 Å². The molecule has 0 saturated carbocycles. The van der Waals surface area contributed by atoms with E-state index in [9.17, 15) is 9.90 Å². The minimum atomic E-state index is -1.07. The Kier molecular flexibility index (Phi) is 3.48. The molecule has 0 spiro atoms. The number of aromatic amines is 1. The number of aromatic nitrogens is 2. The van der Waals surface area contributed by atoms with Crippen LogP contribution in [0.15, 0.2) is 53.3 Å². The van der Waals surface area contributed by atoms with Crippen LogP contribution in [0.1, 0.15) is 0 Å². The van der Waals surface area contributed by atoms with E-state index in [1.54, 1.807) is 30.3 Å². The van der Waals surface area contributed by atoms with Crippen LogP contribution in [0.4, 0.5) is 5.69 Å². The molecule has 7 heteroatoms. The van der Waals surface area contributed by atoms with E-state index < -0.39 is 12.1 Å². The lowest BCUT2D eigenvalue weighted by Gasteiger charge is -2.07. The standard InChI is InChI=1S/C17H12ClN3O3/c18-11-4-2-1-3-10(11)14-8-13(19-16(22)20-14)9-5-6-12-15(7-9)24-17(23)21-12/h1-8,17,21,23H,(H,19,20,22). The zero-order valence-corrected chi connectivity index (χ0v) is 13.0. The number of aliphatic hydroxyl groups is 1. The van der Waals surface area contributed by atoms with Crippen LogP contribution < -0.4 is 15.7 Å². The van der Waals surface area contributed by atoms with Crippen LogP contribution >= 0.6 is 11.6 Å². The van der Waals surface area contributed by atoms with Crippen molar-refractivity contribution in [3.8, 4) is 28.3 Å². The van der Waals surface area contributed by atoms with Gasteiger partial charge in [-0.3, -0.25) is 0 Å². The number of halogens is 1. The number of nitrogens with zero attached hydrogens (tertiary/aromatic N) is 1. The number of fused-ring (bicyclic) bond motifs is 1. The third kappa shape index (κ3) is 2.62. The highest BCUT2D eigenvalue weighted by Crippen LogP contribution is 2.35. The summed E-state index contributed by atoms with van der Waals surface area (Å²) in [6.07, 6.45) is -1.07. The Morgan fingerprint density at radius 3 is 2.83 bits per heavy atom. The van der Waals surface area contributed by atoms with Crippen molar-refractivity contribution in [2.24, 2.45) is 0 Å². The Labute approximate surface area is 141 Å². The van der Waals surface area contributed by atoms with Gasteiger partial charge < -0.3 is 20.1 Å². The van der Waals surface area contributed by atoms with E-state index >= 15 is 0 Å². The molecule has 1 atom stereocenters. The number of hydrogen-bond donors (Lipinski definition) is 3. The monoisotopic (exact) mass is 341 g/mol. The van der Waals surface area contributed by atoms with Crippen LogP contribution in [0.3, 0.4) is 0 Å². The third-order valence-electron chi connectivity index (χ3n) is 3.70. The summed E-state index contributed by atoms with van der Waals surface area (Å²) in [5, 5.41) is 12.8. The molecule has 0 amide bonds. The smallest absolute Gasteiger partial charge is 0.345 e. The summed E-state index contributed by atoms with van der Waals surface area (Å²) < 4.78 is 5.24. The molecule has 2 heterocycles. The average molecular weight is 342 g/mol. The predicted molar refractivity (Wildman–Crippen MR) is 91.0 cm³/mol. The van der Waals surface area contributed by atoms with Gasteiger partial charge >= 0.3 is 5.69 Å². The number of benzene rings is 2. The fourth-order valence-corrected chi connectivity index (χ4v) is 2.85. The van der Waals surface area contributed by atoms with Crippen molar-refractivity contribution < 1.29 is 9.84 Å². The average Bonchev–Trinajstić information content (AvgIpc) is 2.93. The normalized spacial score (nSPS) is 15.5. The fraction of sp³-hybridized carbons (Fsp3) is 0.0588. The third-order valence-corrected chi connectivity index (χ3v) is 4.03. The zero-order valence-electron chi connectivity index (χ0n) is 12.3. The summed E-state index contributed by atoms with van der Waals surface area (Å²) >= 11 is 6.20. The van der Waals surface area contributed by atoms with E-state index in [1.807, 2.05) is 18.2 Å². The van der Waals surface area contributed by atoms with Crippen molar-refractivity contribution >= 4 is 17.3 Å². The van der Waals surface area contributed by atoms with Gasteiger partial charge in [0.05, 0.1) is 17.1 Å². The van der Waals surface area contributed by atoms with Crippen LogP contribution in [0.2, 0.25) is 5.02 Å². The van der Waals surface area contributed by atoms with Crippen molar-refractivity contribution in [3.05, 3.63) is 64.0 Å². The number of anilines is 1. The molecule has 3 aromatic rings. The van der Waals surface area contributed by atoms with Gasteiger partial charge in [0, 0.05) is 16.1 Å². The lowest BCUT2D eigenvalue weighted by molar-refractivity contribution is 0.0212. The Morgan fingerprint density at radius 2 is 2.00 bits per heavy atom. The molecule has 0 fully saturated rings. The Balaban J connectivity index is 1.82. The van der Waals surface area contributed by atoms with E-state index in [2.05, 4.69) is 15.3 Å². The molecule has 0 radical (unpaired) electrons. The van der Waals surface area contributed by atoms with Gasteiger partial charge in [-0.1, -0.05) is 35.9 Å². The molecule has 2 aromatic carbocycles. The summed E-state index contributed by atoms with van der Waals surface area (Å²) in [4.78, 5) is 18.7. The van der Waals surface area contributed by atoms with Crippen molar-refractivity contribution in [1.82, 2.24) is 9.97 Å². The Bertz CT molecular complexity index is 987. The molecule has 1 aliphatic rings. The number of rotatable bonds is 2. The summed E-state index contributed by atoms with van der Waals surface area (Å²) in [7, 11) is 0. The van der Waals surface area contributed by atoms with Gasteiger partial charge in [0.1, 0.15) is 5.75 Å². The highest BCUT2D eigenvalue weighted by Gasteiger charge is 2.20. The molecule has 6 nitrogen and oxygen atoms in total. The highest BCUT2D eigenvalue weighted by atomic mass is 35.5. The molecule has 0 aliphatic carbocycles. The molecule has 3 N–H and O–H groups in total. The van der Waals surface area contributed by atoms with Gasteiger partial charge in [0.15, 0.2) is 0 Å². The van der Waals surface area contributed by atoms with Crippen molar-refractivity contribution in [1.29, 1.82) is 0 Å². The van der Waals surface area contributed by atoms with Gasteiger partial charge in [-0.2, -0.15) is 4.98 Å². The van der Waals surface area contributed by atoms with Gasteiger partial charge in [0.2, 0.25) is 0 Å². The molecular weight excluding hydrogens is 330 g/mol. The van der Waals surface area contributed by atoms with Crippen LogP contribution in [-0.4, -0.2) is 21.5 Å². The molecule has 0 saturated heterocycles. The lowest BCUT2D eigenvalue weighted by atomic mass is 10.1. The first-order valence-electron chi connectivity index (χ1n) is 7.22. The van der Waals surface area contributed by atoms with Crippen LogP contribution in [0.5, 0.6) is 5.75 Å². The second-order valence-corrected chi connectivity index (χ2v) is 5.70. The molecule has 4 rings (SSSR count). The van der Waals surface area contributed by atoms with Crippen LogP contribution in [-0.2, 0) is 0 Å². The van der Waals surface area contributed by atoms with Gasteiger partial charge in [-0.25, -0.2) is 4.79 Å². The number of nitrogens with one attached hydrogen (secondary N) is 2. The Morgan fingerprint density at radius 1 is 1.17 bits per heavy atom. The van der Waals surface area contributed by atoms with Gasteiger partial charge in [0.25, 0.3) is 6.41 Å². The maximum atomic E-state index is 12.0. The summed E-state index contributed by atoms with van der Waals surface area (Å²) in [6.45, 7) is 0. The van der Waals surface area contributed by atoms with Gasteiger partial charge in [-0.15, -0.1) is 0 Å². The number of aliphatic hydroxyl groups excluding tert-OH is 1. The first kappa shape index (κ1) is 14.7. The maximum absolute atomic E-state index is 12.0. The molecule has 1 unspecified atom stereocenters. The van der Waals surface area contributed by atoms with E-state index in [-0.39, 0.29) is 0 Å². The number of H-pyrrole nitrogens is 1. The first-order valence-corrected chi connectivity index (χ1v) is 7.60. The second-order valence-electron chi connectivity index (χ2n) is 5.29. The highest BCUT2D eigenvalue weighted by molar-refractivity contribution is 6.33. The Hall–Kier alpha value is -2.83. The summed E-state index contributed by atoms with van der Waals surface area (Å²) in [5.74, 6) is 0.501. The summed E-state index contributed by atoms with van der Waals surface area (Å²) in [6, 6.07) is 14.3. The predicted octanol–water partition coefficient (Wildman–Crippen LogP) is 2.84. The zero-order chi connectivity index (χ0) is 16.7. The van der Waals surface area contributed by atoms with Crippen molar-refractivity contribution in [2.75, 3.05) is 5.32 Å². The minimum absolute atomic E-state index is 0.470. The quantitative estimate of drug-likeness (QED) is 0.667. The van der Waals surface area contributed by atoms with E-state index in [4.69, 9.17) is 16.3 Å². The molecule has 24 heavy (non-hydrogen) atoms. The SMILES string of the molecule is O=c1nc(-c2ccc3c(c2)OC(O)N3)cc(-c2ccccc2Cl)[nH]1. The maximum Gasteiger partial charge on any atom is 0.345 e. The molecule has 0 bridgehead atoms. The molecular formula is C17H12ClN3O3.